The lowest BCUT2D eigenvalue weighted by Gasteiger charge is -2.22. The molecule has 0 radical (unpaired) electrons. The highest BCUT2D eigenvalue weighted by Gasteiger charge is 2.40. The summed E-state index contributed by atoms with van der Waals surface area (Å²) < 4.78 is 33.6. The summed E-state index contributed by atoms with van der Waals surface area (Å²) in [6, 6.07) is 7.09. The lowest BCUT2D eigenvalue weighted by Crippen LogP contribution is -2.31. The number of nitrogens with zero attached hydrogens (tertiary/aromatic N) is 4. The molecule has 0 unspecified atom stereocenters. The van der Waals surface area contributed by atoms with E-state index in [9.17, 15) is 8.42 Å². The fraction of sp³-hybridized carbons (Fsp3) is 0.500. The van der Waals surface area contributed by atoms with Crippen molar-refractivity contribution in [1.29, 1.82) is 0 Å². The van der Waals surface area contributed by atoms with Gasteiger partial charge in [-0.05, 0) is 54.5 Å². The molecule has 0 amide bonds. The molecule has 2 atom stereocenters. The number of hydrogen-bond donors (Lipinski definition) is 0. The third kappa shape index (κ3) is 3.14. The molecule has 148 valence electrons. The van der Waals surface area contributed by atoms with Gasteiger partial charge in [-0.15, -0.1) is 0 Å². The quantitative estimate of drug-likeness (QED) is 0.784. The SMILES string of the molecule is O=S(=O)(c1ccc2c(c1)CCO2)N1C[C@H]2CCN(c3ncccn3)CC[C@H]2C1. The molecule has 1 aromatic heterocycles. The Labute approximate surface area is 165 Å². The molecule has 8 heteroatoms. The van der Waals surface area contributed by atoms with Crippen LogP contribution in [0.25, 0.3) is 0 Å². The van der Waals surface area contributed by atoms with Crippen LogP contribution < -0.4 is 9.64 Å². The molecule has 0 N–H and O–H groups in total. The summed E-state index contributed by atoms with van der Waals surface area (Å²) in [5, 5.41) is 0. The Morgan fingerprint density at radius 1 is 1.04 bits per heavy atom. The van der Waals surface area contributed by atoms with E-state index in [1.54, 1.807) is 34.9 Å². The highest BCUT2D eigenvalue weighted by Crippen LogP contribution is 2.36. The lowest BCUT2D eigenvalue weighted by atomic mass is 9.92. The van der Waals surface area contributed by atoms with Crippen molar-refractivity contribution in [2.45, 2.75) is 24.2 Å². The van der Waals surface area contributed by atoms with Crippen molar-refractivity contribution < 1.29 is 13.2 Å². The van der Waals surface area contributed by atoms with Crippen molar-refractivity contribution >= 4 is 16.0 Å². The van der Waals surface area contributed by atoms with E-state index in [0.29, 0.717) is 36.4 Å². The minimum Gasteiger partial charge on any atom is -0.493 e. The van der Waals surface area contributed by atoms with E-state index in [1.165, 1.54) is 0 Å². The van der Waals surface area contributed by atoms with Crippen LogP contribution in [0, 0.1) is 11.8 Å². The summed E-state index contributed by atoms with van der Waals surface area (Å²) in [7, 11) is -3.46. The molecular formula is C20H24N4O3S. The number of sulfonamides is 1. The van der Waals surface area contributed by atoms with Crippen LogP contribution in [0.3, 0.4) is 0 Å². The van der Waals surface area contributed by atoms with Gasteiger partial charge >= 0.3 is 0 Å². The highest BCUT2D eigenvalue weighted by molar-refractivity contribution is 7.89. The van der Waals surface area contributed by atoms with Gasteiger partial charge in [0.05, 0.1) is 11.5 Å². The fourth-order valence-electron chi connectivity index (χ4n) is 4.63. The maximum absolute atomic E-state index is 13.2. The largest absolute Gasteiger partial charge is 0.493 e. The van der Waals surface area contributed by atoms with Crippen LogP contribution in [0.1, 0.15) is 18.4 Å². The van der Waals surface area contributed by atoms with Gasteiger partial charge in [0, 0.05) is 45.0 Å². The summed E-state index contributed by atoms with van der Waals surface area (Å²) >= 11 is 0. The van der Waals surface area contributed by atoms with Crippen molar-refractivity contribution in [2.75, 3.05) is 37.7 Å². The first-order valence-corrected chi connectivity index (χ1v) is 11.3. The van der Waals surface area contributed by atoms with Crippen molar-refractivity contribution in [3.05, 3.63) is 42.2 Å². The summed E-state index contributed by atoms with van der Waals surface area (Å²) in [4.78, 5) is 11.3. The second-order valence-corrected chi connectivity index (χ2v) is 9.76. The average molecular weight is 401 g/mol. The predicted octanol–water partition coefficient (Wildman–Crippen LogP) is 1.95. The summed E-state index contributed by atoms with van der Waals surface area (Å²) in [6.07, 6.45) is 6.25. The van der Waals surface area contributed by atoms with E-state index in [1.807, 2.05) is 6.07 Å². The van der Waals surface area contributed by atoms with Crippen LogP contribution in [-0.2, 0) is 16.4 Å². The van der Waals surface area contributed by atoms with Crippen LogP contribution in [0.2, 0.25) is 0 Å². The van der Waals surface area contributed by atoms with E-state index in [-0.39, 0.29) is 0 Å². The molecule has 2 fully saturated rings. The molecule has 0 bridgehead atoms. The zero-order valence-corrected chi connectivity index (χ0v) is 16.5. The Balaban J connectivity index is 1.30. The number of benzene rings is 1. The molecule has 2 aromatic rings. The van der Waals surface area contributed by atoms with Crippen molar-refractivity contribution in [3.8, 4) is 5.75 Å². The molecule has 7 nitrogen and oxygen atoms in total. The molecular weight excluding hydrogens is 376 g/mol. The average Bonchev–Trinajstić information content (AvgIpc) is 3.31. The highest BCUT2D eigenvalue weighted by atomic mass is 32.2. The number of hydrogen-bond acceptors (Lipinski definition) is 6. The Bertz CT molecular complexity index is 951. The van der Waals surface area contributed by atoms with E-state index in [2.05, 4.69) is 14.9 Å². The third-order valence-electron chi connectivity index (χ3n) is 6.22. The summed E-state index contributed by atoms with van der Waals surface area (Å²) in [5.74, 6) is 2.36. The van der Waals surface area contributed by atoms with E-state index >= 15 is 0 Å². The molecule has 1 aromatic carbocycles. The van der Waals surface area contributed by atoms with E-state index in [0.717, 1.165) is 49.6 Å². The Morgan fingerprint density at radius 2 is 1.75 bits per heavy atom. The number of fused-ring (bicyclic) bond motifs is 2. The minimum atomic E-state index is -3.46. The van der Waals surface area contributed by atoms with Crippen LogP contribution in [0.5, 0.6) is 5.75 Å². The maximum Gasteiger partial charge on any atom is 0.243 e. The zero-order valence-electron chi connectivity index (χ0n) is 15.7. The molecule has 0 spiro atoms. The Morgan fingerprint density at radius 3 is 2.46 bits per heavy atom. The van der Waals surface area contributed by atoms with Gasteiger partial charge in [0.15, 0.2) is 0 Å². The molecule has 28 heavy (non-hydrogen) atoms. The molecule has 0 saturated carbocycles. The van der Waals surface area contributed by atoms with Crippen molar-refractivity contribution in [1.82, 2.24) is 14.3 Å². The van der Waals surface area contributed by atoms with Gasteiger partial charge in [-0.25, -0.2) is 18.4 Å². The van der Waals surface area contributed by atoms with Crippen LogP contribution in [-0.4, -0.2) is 55.5 Å². The van der Waals surface area contributed by atoms with Gasteiger partial charge in [0.2, 0.25) is 16.0 Å². The molecule has 3 aliphatic rings. The van der Waals surface area contributed by atoms with Gasteiger partial charge < -0.3 is 9.64 Å². The zero-order chi connectivity index (χ0) is 19.1. The summed E-state index contributed by atoms with van der Waals surface area (Å²) in [6.45, 7) is 3.58. The summed E-state index contributed by atoms with van der Waals surface area (Å²) in [5.41, 5.74) is 0.994. The van der Waals surface area contributed by atoms with E-state index < -0.39 is 10.0 Å². The van der Waals surface area contributed by atoms with Gasteiger partial charge in [-0.1, -0.05) is 0 Å². The standard InChI is InChI=1S/C20H24N4O3S/c25-28(26,18-2-3-19-15(12-18)6-11-27-19)24-13-16-4-9-23(10-5-17(16)14-24)20-21-7-1-8-22-20/h1-3,7-8,12,16-17H,4-6,9-11,13-14H2/t16-,17+. The van der Waals surface area contributed by atoms with Crippen LogP contribution >= 0.6 is 0 Å². The first-order chi connectivity index (χ1) is 13.6. The van der Waals surface area contributed by atoms with Gasteiger partial charge in [0.25, 0.3) is 0 Å². The van der Waals surface area contributed by atoms with Crippen molar-refractivity contribution in [2.24, 2.45) is 11.8 Å². The number of aromatic nitrogens is 2. The topological polar surface area (TPSA) is 75.6 Å². The normalized spacial score (nSPS) is 25.1. The molecule has 3 aliphatic heterocycles. The molecule has 2 saturated heterocycles. The number of ether oxygens (including phenoxy) is 1. The Hall–Kier alpha value is -2.19. The second kappa shape index (κ2) is 7.00. The Kier molecular flexibility index (Phi) is 4.47. The second-order valence-electron chi connectivity index (χ2n) is 7.82. The maximum atomic E-state index is 13.2. The fourth-order valence-corrected chi connectivity index (χ4v) is 6.23. The van der Waals surface area contributed by atoms with Crippen molar-refractivity contribution in [3.63, 3.8) is 0 Å². The predicted molar refractivity (Wildman–Crippen MR) is 105 cm³/mol. The van der Waals surface area contributed by atoms with Gasteiger partial charge in [-0.3, -0.25) is 0 Å². The number of anilines is 1. The van der Waals surface area contributed by atoms with Gasteiger partial charge in [0.1, 0.15) is 5.75 Å². The first kappa shape index (κ1) is 17.9. The minimum absolute atomic E-state index is 0.390. The molecule has 4 heterocycles. The number of rotatable bonds is 3. The van der Waals surface area contributed by atoms with Gasteiger partial charge in [-0.2, -0.15) is 4.31 Å². The van der Waals surface area contributed by atoms with Crippen LogP contribution in [0.15, 0.2) is 41.6 Å². The first-order valence-electron chi connectivity index (χ1n) is 9.89. The molecule has 0 aliphatic carbocycles. The molecule has 5 rings (SSSR count). The van der Waals surface area contributed by atoms with E-state index in [4.69, 9.17) is 4.74 Å². The van der Waals surface area contributed by atoms with Crippen LogP contribution in [0.4, 0.5) is 5.95 Å². The smallest absolute Gasteiger partial charge is 0.243 e. The lowest BCUT2D eigenvalue weighted by molar-refractivity contribution is 0.356. The monoisotopic (exact) mass is 400 g/mol. The third-order valence-corrected chi connectivity index (χ3v) is 8.04.